The Balaban J connectivity index is 2.00. The fourth-order valence-corrected chi connectivity index (χ4v) is 2.21. The van der Waals surface area contributed by atoms with Gasteiger partial charge in [-0.05, 0) is 5.56 Å². The third-order valence-electron chi connectivity index (χ3n) is 3.41. The summed E-state index contributed by atoms with van der Waals surface area (Å²) in [7, 11) is 0. The Bertz CT molecular complexity index is 425. The monoisotopic (exact) mass is 261 g/mol. The van der Waals surface area contributed by atoms with Crippen LogP contribution in [0.2, 0.25) is 0 Å². The van der Waals surface area contributed by atoms with Gasteiger partial charge in [-0.25, -0.2) is 0 Å². The highest BCUT2D eigenvalue weighted by atomic mass is 16.5. The third-order valence-corrected chi connectivity index (χ3v) is 3.41. The summed E-state index contributed by atoms with van der Waals surface area (Å²) in [6.07, 6.45) is 0. The summed E-state index contributed by atoms with van der Waals surface area (Å²) >= 11 is 0. The molecule has 0 spiro atoms. The van der Waals surface area contributed by atoms with Crippen LogP contribution in [0.4, 0.5) is 0 Å². The normalized spacial score (nSPS) is 17.4. The van der Waals surface area contributed by atoms with Gasteiger partial charge in [-0.1, -0.05) is 45.0 Å². The molecule has 1 aliphatic rings. The molecular formula is C16H23NO2. The molecule has 0 aliphatic carbocycles. The molecule has 104 valence electrons. The van der Waals surface area contributed by atoms with Crippen molar-refractivity contribution in [3.8, 4) is 0 Å². The lowest BCUT2D eigenvalue weighted by Crippen LogP contribution is -2.35. The van der Waals surface area contributed by atoms with Crippen molar-refractivity contribution in [2.45, 2.75) is 27.3 Å². The Kier molecular flexibility index (Phi) is 4.38. The van der Waals surface area contributed by atoms with E-state index in [-0.39, 0.29) is 11.2 Å². The first kappa shape index (κ1) is 14.2. The second-order valence-corrected chi connectivity index (χ2v) is 6.16. The fraction of sp³-hybridized carbons (Fsp3) is 0.562. The summed E-state index contributed by atoms with van der Waals surface area (Å²) in [5.74, 6) is 0.199. The lowest BCUT2D eigenvalue weighted by atomic mass is 9.86. The quantitative estimate of drug-likeness (QED) is 0.784. The van der Waals surface area contributed by atoms with Crippen molar-refractivity contribution in [2.24, 2.45) is 5.41 Å². The Morgan fingerprint density at radius 1 is 1.16 bits per heavy atom. The van der Waals surface area contributed by atoms with Gasteiger partial charge in [0.25, 0.3) is 0 Å². The van der Waals surface area contributed by atoms with E-state index in [2.05, 4.69) is 17.0 Å². The number of ether oxygens (including phenoxy) is 1. The number of morpholine rings is 1. The second kappa shape index (κ2) is 5.85. The van der Waals surface area contributed by atoms with E-state index in [1.54, 1.807) is 0 Å². The molecule has 1 aromatic carbocycles. The van der Waals surface area contributed by atoms with E-state index in [1.165, 1.54) is 5.56 Å². The number of carbonyl (C=O) groups is 1. The highest BCUT2D eigenvalue weighted by molar-refractivity contribution is 5.99. The number of ketones is 1. The van der Waals surface area contributed by atoms with Crippen LogP contribution in [0.5, 0.6) is 0 Å². The van der Waals surface area contributed by atoms with Crippen molar-refractivity contribution in [3.63, 3.8) is 0 Å². The number of hydrogen-bond acceptors (Lipinski definition) is 3. The van der Waals surface area contributed by atoms with E-state index in [0.717, 1.165) is 38.4 Å². The van der Waals surface area contributed by atoms with Gasteiger partial charge in [0.2, 0.25) is 0 Å². The van der Waals surface area contributed by atoms with E-state index < -0.39 is 0 Å². The zero-order chi connectivity index (χ0) is 13.9. The van der Waals surface area contributed by atoms with E-state index in [1.807, 2.05) is 32.9 Å². The summed E-state index contributed by atoms with van der Waals surface area (Å²) in [4.78, 5) is 14.5. The van der Waals surface area contributed by atoms with E-state index in [4.69, 9.17) is 4.74 Å². The van der Waals surface area contributed by atoms with Crippen molar-refractivity contribution in [1.82, 2.24) is 4.90 Å². The number of benzene rings is 1. The smallest absolute Gasteiger partial charge is 0.168 e. The minimum Gasteiger partial charge on any atom is -0.379 e. The zero-order valence-electron chi connectivity index (χ0n) is 12.1. The van der Waals surface area contributed by atoms with Crippen molar-refractivity contribution in [1.29, 1.82) is 0 Å². The largest absolute Gasteiger partial charge is 0.379 e. The SMILES string of the molecule is CC(C)(C)C(=O)c1ccc(CN2CCOCC2)cc1. The molecule has 0 radical (unpaired) electrons. The van der Waals surface area contributed by atoms with E-state index >= 15 is 0 Å². The predicted molar refractivity (Wildman–Crippen MR) is 76.3 cm³/mol. The summed E-state index contributed by atoms with van der Waals surface area (Å²) < 4.78 is 5.34. The molecule has 0 aromatic heterocycles. The van der Waals surface area contributed by atoms with Gasteiger partial charge >= 0.3 is 0 Å². The van der Waals surface area contributed by atoms with Crippen LogP contribution in [0.15, 0.2) is 24.3 Å². The Morgan fingerprint density at radius 2 is 1.74 bits per heavy atom. The molecule has 0 saturated carbocycles. The van der Waals surface area contributed by atoms with Crippen LogP contribution in [0.25, 0.3) is 0 Å². The minimum atomic E-state index is -0.314. The highest BCUT2D eigenvalue weighted by Gasteiger charge is 2.22. The van der Waals surface area contributed by atoms with Crippen molar-refractivity contribution < 1.29 is 9.53 Å². The number of carbonyl (C=O) groups excluding carboxylic acids is 1. The molecule has 3 nitrogen and oxygen atoms in total. The van der Waals surface area contributed by atoms with Gasteiger partial charge in [0.15, 0.2) is 5.78 Å². The van der Waals surface area contributed by atoms with Gasteiger partial charge in [0.1, 0.15) is 0 Å². The van der Waals surface area contributed by atoms with Gasteiger partial charge in [0, 0.05) is 30.6 Å². The van der Waals surface area contributed by atoms with Crippen molar-refractivity contribution >= 4 is 5.78 Å². The predicted octanol–water partition coefficient (Wildman–Crippen LogP) is 2.75. The van der Waals surface area contributed by atoms with Crippen LogP contribution >= 0.6 is 0 Å². The second-order valence-electron chi connectivity index (χ2n) is 6.16. The summed E-state index contributed by atoms with van der Waals surface area (Å²) in [5, 5.41) is 0. The number of rotatable bonds is 3. The van der Waals surface area contributed by atoms with Crippen LogP contribution in [0, 0.1) is 5.41 Å². The molecule has 2 rings (SSSR count). The summed E-state index contributed by atoms with van der Waals surface area (Å²) in [6, 6.07) is 8.02. The molecule has 1 fully saturated rings. The number of Topliss-reactive ketones (excluding diaryl/α,β-unsaturated/α-hetero) is 1. The van der Waals surface area contributed by atoms with Gasteiger partial charge in [-0.15, -0.1) is 0 Å². The molecule has 1 saturated heterocycles. The molecule has 0 amide bonds. The first-order valence-electron chi connectivity index (χ1n) is 6.91. The Labute approximate surface area is 115 Å². The maximum absolute atomic E-state index is 12.1. The molecule has 0 N–H and O–H groups in total. The lowest BCUT2D eigenvalue weighted by molar-refractivity contribution is 0.0342. The van der Waals surface area contributed by atoms with Crippen LogP contribution in [-0.4, -0.2) is 37.0 Å². The minimum absolute atomic E-state index is 0.199. The van der Waals surface area contributed by atoms with Crippen molar-refractivity contribution in [2.75, 3.05) is 26.3 Å². The van der Waals surface area contributed by atoms with Crippen LogP contribution < -0.4 is 0 Å². The van der Waals surface area contributed by atoms with E-state index in [0.29, 0.717) is 0 Å². The van der Waals surface area contributed by atoms with Crippen LogP contribution in [0.3, 0.4) is 0 Å². The van der Waals surface area contributed by atoms with Crippen LogP contribution in [0.1, 0.15) is 36.7 Å². The lowest BCUT2D eigenvalue weighted by Gasteiger charge is -2.26. The highest BCUT2D eigenvalue weighted by Crippen LogP contribution is 2.21. The van der Waals surface area contributed by atoms with Gasteiger partial charge in [0.05, 0.1) is 13.2 Å². The molecule has 1 aromatic rings. The first-order valence-corrected chi connectivity index (χ1v) is 6.91. The summed E-state index contributed by atoms with van der Waals surface area (Å²) in [6.45, 7) is 10.4. The Morgan fingerprint density at radius 3 is 2.26 bits per heavy atom. The summed E-state index contributed by atoms with van der Waals surface area (Å²) in [5.41, 5.74) is 1.75. The molecule has 0 unspecified atom stereocenters. The topological polar surface area (TPSA) is 29.5 Å². The maximum atomic E-state index is 12.1. The molecule has 3 heteroatoms. The average molecular weight is 261 g/mol. The molecule has 0 atom stereocenters. The standard InChI is InChI=1S/C16H23NO2/c1-16(2,3)15(18)14-6-4-13(5-7-14)12-17-8-10-19-11-9-17/h4-7H,8-12H2,1-3H3. The molecular weight excluding hydrogens is 238 g/mol. The first-order chi connectivity index (χ1) is 8.97. The fourth-order valence-electron chi connectivity index (χ4n) is 2.21. The zero-order valence-corrected chi connectivity index (χ0v) is 12.1. The molecule has 19 heavy (non-hydrogen) atoms. The molecule has 1 heterocycles. The molecule has 0 bridgehead atoms. The number of hydrogen-bond donors (Lipinski definition) is 0. The Hall–Kier alpha value is -1.19. The van der Waals surface area contributed by atoms with Crippen molar-refractivity contribution in [3.05, 3.63) is 35.4 Å². The molecule has 1 aliphatic heterocycles. The van der Waals surface area contributed by atoms with E-state index in [9.17, 15) is 4.79 Å². The maximum Gasteiger partial charge on any atom is 0.168 e. The van der Waals surface area contributed by atoms with Gasteiger partial charge in [-0.2, -0.15) is 0 Å². The van der Waals surface area contributed by atoms with Crippen LogP contribution in [-0.2, 0) is 11.3 Å². The van der Waals surface area contributed by atoms with Gasteiger partial charge < -0.3 is 4.74 Å². The third kappa shape index (κ3) is 3.88. The number of nitrogens with zero attached hydrogens (tertiary/aromatic N) is 1. The van der Waals surface area contributed by atoms with Gasteiger partial charge in [-0.3, -0.25) is 9.69 Å². The average Bonchev–Trinajstić information content (AvgIpc) is 2.39.